The Morgan fingerprint density at radius 2 is 2.21 bits per heavy atom. The van der Waals surface area contributed by atoms with Gasteiger partial charge in [-0.1, -0.05) is 0 Å². The molecule has 2 rings (SSSR count). The van der Waals surface area contributed by atoms with Gasteiger partial charge in [0.05, 0.1) is 0 Å². The zero-order valence-electron chi connectivity index (χ0n) is 10.9. The Morgan fingerprint density at radius 1 is 1.53 bits per heavy atom. The van der Waals surface area contributed by atoms with Crippen LogP contribution in [-0.2, 0) is 7.05 Å². The van der Waals surface area contributed by atoms with Crippen LogP contribution >= 0.6 is 11.8 Å². The van der Waals surface area contributed by atoms with Crippen molar-refractivity contribution in [1.29, 1.82) is 0 Å². The molecule has 5 nitrogen and oxygen atoms in total. The van der Waals surface area contributed by atoms with Crippen LogP contribution in [0.1, 0.15) is 24.1 Å². The molecule has 0 bridgehead atoms. The Balaban J connectivity index is 2.47. The first kappa shape index (κ1) is 13.8. The number of aryl methyl sites for hydroxylation is 1. The van der Waals surface area contributed by atoms with Crippen molar-refractivity contribution in [2.75, 3.05) is 0 Å². The summed E-state index contributed by atoms with van der Waals surface area (Å²) in [7, 11) is 1.62. The molecule has 0 fully saturated rings. The van der Waals surface area contributed by atoms with E-state index in [-0.39, 0.29) is 17.5 Å². The van der Waals surface area contributed by atoms with E-state index >= 15 is 0 Å². The second kappa shape index (κ2) is 5.18. The van der Waals surface area contributed by atoms with Gasteiger partial charge in [-0.05, 0) is 48.9 Å². The molecule has 1 aromatic heterocycles. The van der Waals surface area contributed by atoms with Gasteiger partial charge in [0.25, 0.3) is 0 Å². The van der Waals surface area contributed by atoms with Crippen molar-refractivity contribution in [1.82, 2.24) is 14.8 Å². The van der Waals surface area contributed by atoms with Crippen LogP contribution in [0.5, 0.6) is 0 Å². The summed E-state index contributed by atoms with van der Waals surface area (Å²) in [4.78, 5) is 12.1. The quantitative estimate of drug-likeness (QED) is 0.898. The predicted molar refractivity (Wildman–Crippen MR) is 71.7 cm³/mol. The van der Waals surface area contributed by atoms with E-state index in [4.69, 9.17) is 5.73 Å². The van der Waals surface area contributed by atoms with Gasteiger partial charge in [-0.15, -0.1) is 5.10 Å². The SMILES string of the molecule is Cc1cc(Sc2n[nH]c(=O)n2C)c([C@@H](C)N)cc1F. The van der Waals surface area contributed by atoms with Gasteiger partial charge in [0.15, 0.2) is 5.16 Å². The van der Waals surface area contributed by atoms with Crippen molar-refractivity contribution in [2.24, 2.45) is 12.8 Å². The number of hydrogen-bond donors (Lipinski definition) is 2. The van der Waals surface area contributed by atoms with Crippen molar-refractivity contribution in [3.8, 4) is 0 Å². The van der Waals surface area contributed by atoms with Gasteiger partial charge in [0.1, 0.15) is 5.82 Å². The number of halogens is 1. The summed E-state index contributed by atoms with van der Waals surface area (Å²) in [6.45, 7) is 3.48. The Kier molecular flexibility index (Phi) is 3.77. The number of H-pyrrole nitrogens is 1. The summed E-state index contributed by atoms with van der Waals surface area (Å²) >= 11 is 1.29. The van der Waals surface area contributed by atoms with Gasteiger partial charge >= 0.3 is 5.69 Å². The lowest BCUT2D eigenvalue weighted by Crippen LogP contribution is -2.13. The molecule has 2 aromatic rings. The summed E-state index contributed by atoms with van der Waals surface area (Å²) in [6, 6.07) is 2.86. The molecule has 0 spiro atoms. The van der Waals surface area contributed by atoms with E-state index in [9.17, 15) is 9.18 Å². The van der Waals surface area contributed by atoms with E-state index in [1.165, 1.54) is 22.4 Å². The molecular weight excluding hydrogens is 267 g/mol. The first-order chi connectivity index (χ1) is 8.90. The number of aromatic amines is 1. The molecule has 0 saturated heterocycles. The van der Waals surface area contributed by atoms with Gasteiger partial charge in [0.2, 0.25) is 0 Å². The topological polar surface area (TPSA) is 76.7 Å². The molecule has 0 unspecified atom stereocenters. The Morgan fingerprint density at radius 3 is 2.74 bits per heavy atom. The van der Waals surface area contributed by atoms with Gasteiger partial charge in [-0.3, -0.25) is 4.57 Å². The average molecular weight is 282 g/mol. The molecule has 1 aromatic carbocycles. The normalized spacial score (nSPS) is 12.7. The molecule has 0 radical (unpaired) electrons. The molecule has 3 N–H and O–H groups in total. The zero-order valence-corrected chi connectivity index (χ0v) is 11.7. The molecule has 0 aliphatic rings. The van der Waals surface area contributed by atoms with Gasteiger partial charge in [-0.25, -0.2) is 14.3 Å². The molecule has 0 aliphatic carbocycles. The van der Waals surface area contributed by atoms with Crippen molar-refractivity contribution < 1.29 is 4.39 Å². The second-order valence-electron chi connectivity index (χ2n) is 4.40. The number of rotatable bonds is 3. The zero-order chi connectivity index (χ0) is 14.2. The maximum absolute atomic E-state index is 13.6. The number of nitrogens with one attached hydrogen (secondary N) is 1. The number of nitrogens with two attached hydrogens (primary N) is 1. The van der Waals surface area contributed by atoms with E-state index in [1.54, 1.807) is 27.0 Å². The minimum Gasteiger partial charge on any atom is -0.324 e. The number of hydrogen-bond acceptors (Lipinski definition) is 4. The summed E-state index contributed by atoms with van der Waals surface area (Å²) in [5.74, 6) is -0.285. The van der Waals surface area contributed by atoms with E-state index in [2.05, 4.69) is 10.2 Å². The lowest BCUT2D eigenvalue weighted by atomic mass is 10.1. The molecule has 0 aliphatic heterocycles. The molecular formula is C12H15FN4OS. The Labute approximate surface area is 114 Å². The summed E-state index contributed by atoms with van der Waals surface area (Å²) in [5, 5.41) is 6.79. The van der Waals surface area contributed by atoms with Crippen molar-refractivity contribution in [2.45, 2.75) is 29.9 Å². The molecule has 1 atom stereocenters. The number of aromatic nitrogens is 3. The number of nitrogens with zero attached hydrogens (tertiary/aromatic N) is 2. The second-order valence-corrected chi connectivity index (χ2v) is 5.41. The largest absolute Gasteiger partial charge is 0.343 e. The Bertz CT molecular complexity index is 662. The maximum atomic E-state index is 13.6. The fraction of sp³-hybridized carbons (Fsp3) is 0.333. The highest BCUT2D eigenvalue weighted by Crippen LogP contribution is 2.32. The van der Waals surface area contributed by atoms with Gasteiger partial charge < -0.3 is 5.73 Å². The van der Waals surface area contributed by atoms with Crippen LogP contribution in [0.4, 0.5) is 4.39 Å². The van der Waals surface area contributed by atoms with Gasteiger partial charge in [0, 0.05) is 18.0 Å². The van der Waals surface area contributed by atoms with Crippen molar-refractivity contribution in [3.05, 3.63) is 39.6 Å². The third kappa shape index (κ3) is 2.71. The lowest BCUT2D eigenvalue weighted by molar-refractivity contribution is 0.610. The van der Waals surface area contributed by atoms with E-state index in [0.29, 0.717) is 16.3 Å². The Hall–Kier alpha value is -1.60. The highest BCUT2D eigenvalue weighted by Gasteiger charge is 2.14. The molecule has 19 heavy (non-hydrogen) atoms. The predicted octanol–water partition coefficient (Wildman–Crippen LogP) is 1.73. The summed E-state index contributed by atoms with van der Waals surface area (Å²) in [6.07, 6.45) is 0. The van der Waals surface area contributed by atoms with Crippen molar-refractivity contribution in [3.63, 3.8) is 0 Å². The van der Waals surface area contributed by atoms with Crippen LogP contribution in [0.25, 0.3) is 0 Å². The molecule has 102 valence electrons. The molecule has 7 heteroatoms. The minimum atomic E-state index is -0.298. The maximum Gasteiger partial charge on any atom is 0.343 e. The van der Waals surface area contributed by atoms with Crippen LogP contribution in [0.2, 0.25) is 0 Å². The molecule has 0 amide bonds. The highest BCUT2D eigenvalue weighted by atomic mass is 32.2. The minimum absolute atomic E-state index is 0.285. The smallest absolute Gasteiger partial charge is 0.324 e. The van der Waals surface area contributed by atoms with E-state index in [1.807, 2.05) is 0 Å². The third-order valence-electron chi connectivity index (χ3n) is 2.82. The van der Waals surface area contributed by atoms with Crippen LogP contribution in [0.15, 0.2) is 27.0 Å². The first-order valence-corrected chi connectivity index (χ1v) is 6.56. The van der Waals surface area contributed by atoms with Crippen molar-refractivity contribution >= 4 is 11.8 Å². The van der Waals surface area contributed by atoms with Crippen LogP contribution in [0.3, 0.4) is 0 Å². The fourth-order valence-corrected chi connectivity index (χ4v) is 2.74. The van der Waals surface area contributed by atoms with Crippen LogP contribution in [-0.4, -0.2) is 14.8 Å². The monoisotopic (exact) mass is 282 g/mol. The number of benzene rings is 1. The van der Waals surface area contributed by atoms with Crippen LogP contribution < -0.4 is 11.4 Å². The average Bonchev–Trinajstić information content (AvgIpc) is 2.65. The van der Waals surface area contributed by atoms with Gasteiger partial charge in [-0.2, -0.15) is 0 Å². The third-order valence-corrected chi connectivity index (χ3v) is 3.94. The first-order valence-electron chi connectivity index (χ1n) is 5.75. The molecule has 0 saturated carbocycles. The molecule has 1 heterocycles. The van der Waals surface area contributed by atoms with Crippen LogP contribution in [0, 0.1) is 12.7 Å². The fourth-order valence-electron chi connectivity index (χ4n) is 1.64. The summed E-state index contributed by atoms with van der Waals surface area (Å²) in [5.41, 5.74) is 6.80. The highest BCUT2D eigenvalue weighted by molar-refractivity contribution is 7.99. The van der Waals surface area contributed by atoms with E-state index in [0.717, 1.165) is 4.90 Å². The van der Waals surface area contributed by atoms with E-state index < -0.39 is 0 Å². The lowest BCUT2D eigenvalue weighted by Gasteiger charge is -2.13. The summed E-state index contributed by atoms with van der Waals surface area (Å²) < 4.78 is 15.0. The standard InChI is InChI=1S/C12H15FN4OS/c1-6-4-10(8(7(2)14)5-9(6)13)19-12-16-15-11(18)17(12)3/h4-5,7H,14H2,1-3H3,(H,15,18)/t7-/m1/s1.